The minimum atomic E-state index is -4.21. The van der Waals surface area contributed by atoms with Crippen molar-refractivity contribution in [2.24, 2.45) is 0 Å². The van der Waals surface area contributed by atoms with Crippen LogP contribution in [0.25, 0.3) is 11.3 Å². The van der Waals surface area contributed by atoms with Gasteiger partial charge in [-0.2, -0.15) is 13.2 Å². The van der Waals surface area contributed by atoms with Crippen LogP contribution in [0, 0.1) is 0 Å². The number of hydrogen-bond donors (Lipinski definition) is 1. The van der Waals surface area contributed by atoms with E-state index < -0.39 is 18.2 Å². The first-order valence-corrected chi connectivity index (χ1v) is 9.49. The van der Waals surface area contributed by atoms with Crippen LogP contribution in [0.3, 0.4) is 0 Å². The van der Waals surface area contributed by atoms with E-state index in [1.165, 1.54) is 4.90 Å². The van der Waals surface area contributed by atoms with Gasteiger partial charge in [-0.3, -0.25) is 9.88 Å². The van der Waals surface area contributed by atoms with Crippen LogP contribution in [0.2, 0.25) is 0 Å². The fourth-order valence-corrected chi connectivity index (χ4v) is 4.24. The third-order valence-corrected chi connectivity index (χ3v) is 5.64. The van der Waals surface area contributed by atoms with Gasteiger partial charge in [0, 0.05) is 17.8 Å². The smallest absolute Gasteiger partial charge is 0.404 e. The summed E-state index contributed by atoms with van der Waals surface area (Å²) in [6.45, 7) is 0.662. The number of aryl methyl sites for hydroxylation is 2. The minimum Gasteiger partial charge on any atom is -0.478 e. The van der Waals surface area contributed by atoms with Gasteiger partial charge in [-0.1, -0.05) is 24.3 Å². The maximum Gasteiger partial charge on any atom is 0.404 e. The van der Waals surface area contributed by atoms with E-state index in [1.807, 2.05) is 0 Å². The third kappa shape index (κ3) is 3.63. The van der Waals surface area contributed by atoms with Gasteiger partial charge < -0.3 is 5.11 Å². The SMILES string of the molecule is O=C(O)c1cc2c(nc1-c1ccc(CN3CCC[C@@H]3C(F)(F)F)cc1)CCC2. The highest BCUT2D eigenvalue weighted by molar-refractivity contribution is 5.95. The number of halogens is 3. The van der Waals surface area contributed by atoms with Crippen LogP contribution < -0.4 is 0 Å². The van der Waals surface area contributed by atoms with Crippen molar-refractivity contribution in [2.75, 3.05) is 6.54 Å². The van der Waals surface area contributed by atoms with Crippen LogP contribution in [0.4, 0.5) is 13.2 Å². The topological polar surface area (TPSA) is 53.4 Å². The normalized spacial score (nSPS) is 19.8. The molecule has 1 aromatic carbocycles. The molecule has 0 bridgehead atoms. The summed E-state index contributed by atoms with van der Waals surface area (Å²) >= 11 is 0. The Balaban J connectivity index is 1.58. The lowest BCUT2D eigenvalue weighted by Gasteiger charge is -2.26. The summed E-state index contributed by atoms with van der Waals surface area (Å²) in [5.74, 6) is -1.02. The van der Waals surface area contributed by atoms with Gasteiger partial charge in [0.1, 0.15) is 6.04 Å². The summed E-state index contributed by atoms with van der Waals surface area (Å²) in [4.78, 5) is 17.7. The fourth-order valence-electron chi connectivity index (χ4n) is 4.24. The van der Waals surface area contributed by atoms with Crippen LogP contribution in [-0.4, -0.2) is 39.7 Å². The molecule has 0 spiro atoms. The Morgan fingerprint density at radius 2 is 1.93 bits per heavy atom. The van der Waals surface area contributed by atoms with E-state index in [2.05, 4.69) is 4.98 Å². The van der Waals surface area contributed by atoms with Crippen molar-refractivity contribution >= 4 is 5.97 Å². The average Bonchev–Trinajstić information content (AvgIpc) is 3.29. The number of likely N-dealkylation sites (tertiary alicyclic amines) is 1. The van der Waals surface area contributed by atoms with Crippen LogP contribution in [0.5, 0.6) is 0 Å². The molecule has 0 saturated carbocycles. The number of carboxylic acid groups (broad SMARTS) is 1. The molecule has 28 heavy (non-hydrogen) atoms. The summed E-state index contributed by atoms with van der Waals surface area (Å²) in [5.41, 5.74) is 3.97. The van der Waals surface area contributed by atoms with Crippen molar-refractivity contribution in [2.45, 2.75) is 50.9 Å². The summed E-state index contributed by atoms with van der Waals surface area (Å²) in [5, 5.41) is 9.55. The lowest BCUT2D eigenvalue weighted by atomic mass is 10.0. The van der Waals surface area contributed by atoms with E-state index in [9.17, 15) is 23.1 Å². The molecule has 2 heterocycles. The molecule has 2 aliphatic rings. The summed E-state index contributed by atoms with van der Waals surface area (Å²) in [7, 11) is 0. The number of hydrogen-bond acceptors (Lipinski definition) is 3. The van der Waals surface area contributed by atoms with E-state index in [4.69, 9.17) is 0 Å². The van der Waals surface area contributed by atoms with Gasteiger partial charge in [-0.25, -0.2) is 4.79 Å². The number of aromatic carboxylic acids is 1. The van der Waals surface area contributed by atoms with E-state index >= 15 is 0 Å². The molecule has 0 amide bonds. The molecule has 1 aliphatic carbocycles. The van der Waals surface area contributed by atoms with E-state index in [-0.39, 0.29) is 18.5 Å². The molecule has 0 unspecified atom stereocenters. The lowest BCUT2D eigenvalue weighted by molar-refractivity contribution is -0.177. The summed E-state index contributed by atoms with van der Waals surface area (Å²) in [6.07, 6.45) is -0.862. The number of fused-ring (bicyclic) bond motifs is 1. The van der Waals surface area contributed by atoms with Gasteiger partial charge >= 0.3 is 12.1 Å². The minimum absolute atomic E-state index is 0.141. The van der Waals surface area contributed by atoms with Crippen LogP contribution >= 0.6 is 0 Å². The zero-order chi connectivity index (χ0) is 19.9. The Bertz CT molecular complexity index is 894. The van der Waals surface area contributed by atoms with Crippen molar-refractivity contribution in [3.63, 3.8) is 0 Å². The molecule has 0 radical (unpaired) electrons. The number of carbonyl (C=O) groups is 1. The molecule has 1 fully saturated rings. The Labute approximate surface area is 161 Å². The van der Waals surface area contributed by atoms with Gasteiger partial charge in [-0.05, 0) is 55.8 Å². The second-order valence-corrected chi connectivity index (χ2v) is 7.52. The van der Waals surface area contributed by atoms with Crippen LogP contribution in [-0.2, 0) is 19.4 Å². The Hall–Kier alpha value is -2.41. The first-order valence-electron chi connectivity index (χ1n) is 9.49. The molecule has 1 N–H and O–H groups in total. The number of nitrogens with zero attached hydrogens (tertiary/aromatic N) is 2. The Kier molecular flexibility index (Phi) is 4.87. The monoisotopic (exact) mass is 390 g/mol. The second-order valence-electron chi connectivity index (χ2n) is 7.52. The van der Waals surface area contributed by atoms with Crippen molar-refractivity contribution in [3.05, 3.63) is 52.7 Å². The van der Waals surface area contributed by atoms with E-state index in [0.717, 1.165) is 36.1 Å². The zero-order valence-corrected chi connectivity index (χ0v) is 15.3. The molecule has 4 rings (SSSR count). The maximum absolute atomic E-state index is 13.1. The fraction of sp³-hybridized carbons (Fsp3) is 0.429. The summed E-state index contributed by atoms with van der Waals surface area (Å²) < 4.78 is 39.4. The molecule has 7 heteroatoms. The highest BCUT2D eigenvalue weighted by Crippen LogP contribution is 2.34. The molecule has 148 valence electrons. The van der Waals surface area contributed by atoms with Gasteiger partial charge in [0.15, 0.2) is 0 Å². The van der Waals surface area contributed by atoms with E-state index in [1.54, 1.807) is 30.3 Å². The standard InChI is InChI=1S/C21H21F3N2O2/c22-21(23,24)18-5-2-10-26(18)12-13-6-8-14(9-7-13)19-16(20(27)28)11-15-3-1-4-17(15)25-19/h6-9,11,18H,1-5,10,12H2,(H,27,28)/t18-/m1/s1. The van der Waals surface area contributed by atoms with Crippen molar-refractivity contribution in [3.8, 4) is 11.3 Å². The van der Waals surface area contributed by atoms with Gasteiger partial charge in [-0.15, -0.1) is 0 Å². The molecule has 1 saturated heterocycles. The zero-order valence-electron chi connectivity index (χ0n) is 15.3. The molecule has 4 nitrogen and oxygen atoms in total. The molecule has 1 aromatic heterocycles. The lowest BCUT2D eigenvalue weighted by Crippen LogP contribution is -2.40. The maximum atomic E-state index is 13.1. The van der Waals surface area contributed by atoms with Crippen molar-refractivity contribution in [1.82, 2.24) is 9.88 Å². The third-order valence-electron chi connectivity index (χ3n) is 5.64. The van der Waals surface area contributed by atoms with Gasteiger partial charge in [0.05, 0.1) is 11.3 Å². The van der Waals surface area contributed by atoms with Gasteiger partial charge in [0.25, 0.3) is 0 Å². The highest BCUT2D eigenvalue weighted by atomic mass is 19.4. The van der Waals surface area contributed by atoms with Crippen molar-refractivity contribution < 1.29 is 23.1 Å². The Morgan fingerprint density at radius 3 is 2.61 bits per heavy atom. The molecule has 1 aliphatic heterocycles. The predicted molar refractivity (Wildman–Crippen MR) is 98.1 cm³/mol. The van der Waals surface area contributed by atoms with E-state index in [0.29, 0.717) is 24.2 Å². The number of pyridine rings is 1. The second kappa shape index (κ2) is 7.20. The quantitative estimate of drug-likeness (QED) is 0.837. The number of rotatable bonds is 4. The first kappa shape index (κ1) is 18.9. The first-order chi connectivity index (χ1) is 13.3. The molecule has 2 aromatic rings. The van der Waals surface area contributed by atoms with Crippen LogP contribution in [0.1, 0.15) is 46.4 Å². The number of benzene rings is 1. The average molecular weight is 390 g/mol. The van der Waals surface area contributed by atoms with Gasteiger partial charge in [0.2, 0.25) is 0 Å². The molecular formula is C21H21F3N2O2. The summed E-state index contributed by atoms with van der Waals surface area (Å²) in [6, 6.07) is 7.36. The van der Waals surface area contributed by atoms with Crippen LogP contribution in [0.15, 0.2) is 30.3 Å². The molecule has 1 atom stereocenters. The predicted octanol–water partition coefficient (Wildman–Crippen LogP) is 4.46. The van der Waals surface area contributed by atoms with Crippen molar-refractivity contribution in [1.29, 1.82) is 0 Å². The highest BCUT2D eigenvalue weighted by Gasteiger charge is 2.45. The number of carboxylic acids is 1. The number of alkyl halides is 3. The molecular weight excluding hydrogens is 369 g/mol. The Morgan fingerprint density at radius 1 is 1.18 bits per heavy atom. The number of aromatic nitrogens is 1. The largest absolute Gasteiger partial charge is 0.478 e.